The molecule has 0 bridgehead atoms. The van der Waals surface area contributed by atoms with Crippen molar-refractivity contribution in [3.63, 3.8) is 0 Å². The van der Waals surface area contributed by atoms with Crippen LogP contribution < -0.4 is 4.90 Å². The Morgan fingerprint density at radius 2 is 1.50 bits per heavy atom. The Morgan fingerprint density at radius 3 is 1.92 bits per heavy atom. The van der Waals surface area contributed by atoms with E-state index in [-0.39, 0.29) is 5.91 Å². The summed E-state index contributed by atoms with van der Waals surface area (Å²) in [5.74, 6) is -4.76. The molecule has 142 valence electrons. The van der Waals surface area contributed by atoms with Crippen LogP contribution >= 0.6 is 0 Å². The fourth-order valence-corrected chi connectivity index (χ4v) is 2.40. The average molecular weight is 367 g/mol. The lowest BCUT2D eigenvalue weighted by molar-refractivity contribution is -0.170. The van der Waals surface area contributed by atoms with Gasteiger partial charge in [0.15, 0.2) is 5.60 Å². The number of carboxylic acid groups (broad SMARTS) is 3. The average Bonchev–Trinajstić information content (AvgIpc) is 2.55. The standard InChI is InChI=1S/C11H13NO.C6H8O7/c13-11-8-4-5-9-12(11)10-6-2-1-3-7-10;7-3(8)1-6(13,5(11)12)2-4(9)10/h1-3,6-7H,4-5,8-9H2;13H,1-2H2,(H,7,8)(H,9,10)(H,11,12). The highest BCUT2D eigenvalue weighted by Gasteiger charge is 2.40. The molecule has 1 aromatic carbocycles. The first-order chi connectivity index (χ1) is 12.2. The van der Waals surface area contributed by atoms with E-state index in [0.29, 0.717) is 6.42 Å². The van der Waals surface area contributed by atoms with E-state index in [1.54, 1.807) is 0 Å². The van der Waals surface area contributed by atoms with E-state index in [1.807, 2.05) is 35.2 Å². The molecule has 0 unspecified atom stereocenters. The molecule has 0 aliphatic carbocycles. The molecule has 1 saturated heterocycles. The lowest BCUT2D eigenvalue weighted by atomic mass is 9.96. The number of nitrogens with zero attached hydrogens (tertiary/aromatic N) is 1. The Labute approximate surface area is 149 Å². The maximum atomic E-state index is 11.5. The maximum Gasteiger partial charge on any atom is 0.336 e. The van der Waals surface area contributed by atoms with Crippen molar-refractivity contribution < 1.29 is 39.6 Å². The summed E-state index contributed by atoms with van der Waals surface area (Å²) in [4.78, 5) is 43.9. The van der Waals surface area contributed by atoms with E-state index in [9.17, 15) is 19.2 Å². The van der Waals surface area contributed by atoms with Gasteiger partial charge < -0.3 is 25.3 Å². The predicted octanol–water partition coefficient (Wildman–Crippen LogP) is 0.955. The number of carbonyl (C=O) groups excluding carboxylic acids is 1. The molecular weight excluding hydrogens is 346 g/mol. The largest absolute Gasteiger partial charge is 0.481 e. The summed E-state index contributed by atoms with van der Waals surface area (Å²) < 4.78 is 0. The zero-order valence-corrected chi connectivity index (χ0v) is 14.0. The van der Waals surface area contributed by atoms with Crippen molar-refractivity contribution in [2.75, 3.05) is 11.4 Å². The smallest absolute Gasteiger partial charge is 0.336 e. The van der Waals surface area contributed by atoms with E-state index in [0.717, 1.165) is 25.1 Å². The zero-order valence-electron chi connectivity index (χ0n) is 14.0. The van der Waals surface area contributed by atoms with Gasteiger partial charge in [-0.05, 0) is 25.0 Å². The topological polar surface area (TPSA) is 152 Å². The molecule has 1 aliphatic rings. The first-order valence-electron chi connectivity index (χ1n) is 7.90. The van der Waals surface area contributed by atoms with Gasteiger partial charge in [0.2, 0.25) is 5.91 Å². The summed E-state index contributed by atoms with van der Waals surface area (Å²) >= 11 is 0. The molecule has 26 heavy (non-hydrogen) atoms. The van der Waals surface area contributed by atoms with Gasteiger partial charge in [-0.2, -0.15) is 0 Å². The van der Waals surface area contributed by atoms with Crippen molar-refractivity contribution >= 4 is 29.5 Å². The van der Waals surface area contributed by atoms with Gasteiger partial charge in [0.25, 0.3) is 0 Å². The van der Waals surface area contributed by atoms with E-state index in [2.05, 4.69) is 0 Å². The number of aliphatic carboxylic acids is 3. The van der Waals surface area contributed by atoms with Crippen LogP contribution in [0.2, 0.25) is 0 Å². The molecule has 9 nitrogen and oxygen atoms in total. The third-order valence-corrected chi connectivity index (χ3v) is 3.68. The summed E-state index contributed by atoms with van der Waals surface area (Å²) in [6, 6.07) is 9.89. The van der Waals surface area contributed by atoms with Gasteiger partial charge in [-0.3, -0.25) is 14.4 Å². The highest BCUT2D eigenvalue weighted by molar-refractivity contribution is 5.93. The molecule has 0 spiro atoms. The van der Waals surface area contributed by atoms with Crippen molar-refractivity contribution in [2.24, 2.45) is 0 Å². The number of anilines is 1. The minimum Gasteiger partial charge on any atom is -0.481 e. The number of amides is 1. The van der Waals surface area contributed by atoms with E-state index >= 15 is 0 Å². The first-order valence-corrected chi connectivity index (χ1v) is 7.90. The Bertz CT molecular complexity index is 642. The summed E-state index contributed by atoms with van der Waals surface area (Å²) in [6.45, 7) is 0.878. The number of piperidine rings is 1. The van der Waals surface area contributed by atoms with Crippen LogP contribution in [-0.2, 0) is 19.2 Å². The van der Waals surface area contributed by atoms with Crippen molar-refractivity contribution in [3.8, 4) is 0 Å². The normalized spacial score (nSPS) is 14.2. The molecule has 1 amide bonds. The van der Waals surface area contributed by atoms with Crippen molar-refractivity contribution in [1.82, 2.24) is 0 Å². The predicted molar refractivity (Wildman–Crippen MR) is 89.7 cm³/mol. The first kappa shape index (κ1) is 21.1. The highest BCUT2D eigenvalue weighted by Crippen LogP contribution is 2.19. The molecule has 2 rings (SSSR count). The van der Waals surface area contributed by atoms with Crippen molar-refractivity contribution in [3.05, 3.63) is 30.3 Å². The second-order valence-corrected chi connectivity index (χ2v) is 5.82. The zero-order chi connectivity index (χ0) is 19.7. The third kappa shape index (κ3) is 6.52. The molecular formula is C17H21NO8. The highest BCUT2D eigenvalue weighted by atomic mass is 16.4. The summed E-state index contributed by atoms with van der Waals surface area (Å²) in [5, 5.41) is 33.8. The number of benzene rings is 1. The number of rotatable bonds is 6. The quantitative estimate of drug-likeness (QED) is 0.580. The van der Waals surface area contributed by atoms with Gasteiger partial charge in [0.1, 0.15) is 0 Å². The second-order valence-electron chi connectivity index (χ2n) is 5.82. The lowest BCUT2D eigenvalue weighted by Gasteiger charge is -2.26. The summed E-state index contributed by atoms with van der Waals surface area (Å²) in [6.07, 6.45) is 0.584. The Hall–Kier alpha value is -2.94. The molecule has 4 N–H and O–H groups in total. The fraction of sp³-hybridized carbons (Fsp3) is 0.412. The Kier molecular flexibility index (Phi) is 7.73. The molecule has 1 fully saturated rings. The van der Waals surface area contributed by atoms with Gasteiger partial charge in [0, 0.05) is 18.7 Å². The van der Waals surface area contributed by atoms with Crippen LogP contribution in [-0.4, -0.2) is 56.4 Å². The molecule has 9 heteroatoms. The molecule has 1 aliphatic heterocycles. The third-order valence-electron chi connectivity index (χ3n) is 3.68. The van der Waals surface area contributed by atoms with Crippen LogP contribution in [0, 0.1) is 0 Å². The molecule has 0 saturated carbocycles. The number of hydrogen-bond donors (Lipinski definition) is 4. The molecule has 1 heterocycles. The SMILES string of the molecule is O=C(O)CC(O)(CC(=O)O)C(=O)O.O=C1CCCCN1c1ccccc1. The number of hydrogen-bond acceptors (Lipinski definition) is 5. The van der Waals surface area contributed by atoms with Gasteiger partial charge in [-0.15, -0.1) is 0 Å². The van der Waals surface area contributed by atoms with E-state index in [4.69, 9.17) is 20.4 Å². The Morgan fingerprint density at radius 1 is 0.962 bits per heavy atom. The second kappa shape index (κ2) is 9.52. The monoisotopic (exact) mass is 367 g/mol. The maximum absolute atomic E-state index is 11.5. The van der Waals surface area contributed by atoms with Crippen molar-refractivity contribution in [1.29, 1.82) is 0 Å². The molecule has 0 atom stereocenters. The molecule has 0 radical (unpaired) electrons. The minimum atomic E-state index is -2.74. The van der Waals surface area contributed by atoms with E-state index in [1.165, 1.54) is 0 Å². The molecule has 0 aromatic heterocycles. The van der Waals surface area contributed by atoms with Gasteiger partial charge >= 0.3 is 17.9 Å². The number of aliphatic hydroxyl groups is 1. The van der Waals surface area contributed by atoms with Crippen LogP contribution in [0.3, 0.4) is 0 Å². The summed E-state index contributed by atoms with van der Waals surface area (Å²) in [5.41, 5.74) is -1.70. The van der Waals surface area contributed by atoms with Gasteiger partial charge in [-0.25, -0.2) is 4.79 Å². The van der Waals surface area contributed by atoms with Crippen LogP contribution in [0.4, 0.5) is 5.69 Å². The minimum absolute atomic E-state index is 0.262. The van der Waals surface area contributed by atoms with Crippen molar-refractivity contribution in [2.45, 2.75) is 37.7 Å². The molecule has 1 aromatic rings. The van der Waals surface area contributed by atoms with Crippen LogP contribution in [0.5, 0.6) is 0 Å². The van der Waals surface area contributed by atoms with Crippen LogP contribution in [0.1, 0.15) is 32.1 Å². The number of para-hydroxylation sites is 1. The Balaban J connectivity index is 0.000000260. The number of carboxylic acids is 3. The van der Waals surface area contributed by atoms with Gasteiger partial charge in [-0.1, -0.05) is 18.2 Å². The fourth-order valence-electron chi connectivity index (χ4n) is 2.40. The van der Waals surface area contributed by atoms with Crippen LogP contribution in [0.15, 0.2) is 30.3 Å². The summed E-state index contributed by atoms with van der Waals surface area (Å²) in [7, 11) is 0. The van der Waals surface area contributed by atoms with E-state index < -0.39 is 36.4 Å². The number of carbonyl (C=O) groups is 4. The van der Waals surface area contributed by atoms with Gasteiger partial charge in [0.05, 0.1) is 12.8 Å². The van der Waals surface area contributed by atoms with Crippen LogP contribution in [0.25, 0.3) is 0 Å². The lowest BCUT2D eigenvalue weighted by Crippen LogP contribution is -2.42.